The van der Waals surface area contributed by atoms with Crippen LogP contribution in [0.25, 0.3) is 0 Å². The highest BCUT2D eigenvalue weighted by molar-refractivity contribution is 5.75. The van der Waals surface area contributed by atoms with Gasteiger partial charge in [-0.05, 0) is 25.0 Å². The van der Waals surface area contributed by atoms with Gasteiger partial charge in [0, 0.05) is 18.8 Å². The third kappa shape index (κ3) is 6.02. The molecule has 0 radical (unpaired) electrons. The fourth-order valence-corrected chi connectivity index (χ4v) is 0.866. The Morgan fingerprint density at radius 3 is 2.62 bits per heavy atom. The summed E-state index contributed by atoms with van der Waals surface area (Å²) in [5.41, 5.74) is 1.13. The van der Waals surface area contributed by atoms with Crippen LogP contribution in [0.3, 0.4) is 0 Å². The van der Waals surface area contributed by atoms with Crippen LogP contribution in [0.4, 0.5) is 0 Å². The van der Waals surface area contributed by atoms with Crippen LogP contribution in [0.15, 0.2) is 24.5 Å². The van der Waals surface area contributed by atoms with Gasteiger partial charge in [-0.25, -0.2) is 0 Å². The molecule has 0 saturated heterocycles. The van der Waals surface area contributed by atoms with Crippen LogP contribution in [0.5, 0.6) is 0 Å². The van der Waals surface area contributed by atoms with E-state index in [9.17, 15) is 4.79 Å². The van der Waals surface area contributed by atoms with Crippen molar-refractivity contribution in [1.29, 1.82) is 0 Å². The van der Waals surface area contributed by atoms with Crippen molar-refractivity contribution in [1.82, 2.24) is 4.98 Å². The molecule has 0 aliphatic carbocycles. The normalized spacial score (nSPS) is 8.54. The molecule has 0 N–H and O–H groups in total. The van der Waals surface area contributed by atoms with Gasteiger partial charge in [-0.15, -0.1) is 0 Å². The van der Waals surface area contributed by atoms with Gasteiger partial charge in [0.25, 0.3) is 0 Å². The Balaban J connectivity index is 0.000000671. The van der Waals surface area contributed by atoms with Crippen molar-refractivity contribution in [3.63, 3.8) is 0 Å². The molecule has 0 spiro atoms. The Bertz CT molecular complexity index is 231. The minimum Gasteiger partial charge on any atom is -0.300 e. The van der Waals surface area contributed by atoms with Crippen molar-refractivity contribution in [2.45, 2.75) is 33.6 Å². The lowest BCUT2D eigenvalue weighted by Crippen LogP contribution is -1.93. The number of pyridine rings is 1. The van der Waals surface area contributed by atoms with E-state index < -0.39 is 0 Å². The molecule has 0 fully saturated rings. The molecular formula is C11H17NO. The molecule has 0 aliphatic heterocycles. The van der Waals surface area contributed by atoms with E-state index in [4.69, 9.17) is 0 Å². The number of carbonyl (C=O) groups excluding carboxylic acids is 1. The third-order valence-electron chi connectivity index (χ3n) is 1.49. The first-order valence-electron chi connectivity index (χ1n) is 4.67. The number of hydrogen-bond acceptors (Lipinski definition) is 2. The second-order valence-corrected chi connectivity index (χ2v) is 2.56. The van der Waals surface area contributed by atoms with Gasteiger partial charge in [-0.1, -0.05) is 19.9 Å². The van der Waals surface area contributed by atoms with E-state index in [0.29, 0.717) is 6.42 Å². The van der Waals surface area contributed by atoms with Gasteiger partial charge in [-0.3, -0.25) is 4.98 Å². The molecule has 0 atom stereocenters. The van der Waals surface area contributed by atoms with Gasteiger partial charge >= 0.3 is 0 Å². The minimum absolute atomic E-state index is 0.230. The van der Waals surface area contributed by atoms with E-state index in [-0.39, 0.29) is 5.78 Å². The molecule has 72 valence electrons. The Kier molecular flexibility index (Phi) is 6.79. The Morgan fingerprint density at radius 1 is 1.46 bits per heavy atom. The molecule has 1 aromatic rings. The van der Waals surface area contributed by atoms with E-state index in [0.717, 1.165) is 12.0 Å². The smallest absolute Gasteiger partial charge is 0.130 e. The molecule has 1 aromatic heterocycles. The highest BCUT2D eigenvalue weighted by Gasteiger charge is 1.94. The van der Waals surface area contributed by atoms with E-state index in [1.54, 1.807) is 19.3 Å². The maximum absolute atomic E-state index is 10.6. The first-order chi connectivity index (χ1) is 6.29. The fourth-order valence-electron chi connectivity index (χ4n) is 0.866. The molecule has 0 aromatic carbocycles. The maximum atomic E-state index is 10.6. The minimum atomic E-state index is 0.230. The van der Waals surface area contributed by atoms with Crippen LogP contribution < -0.4 is 0 Å². The summed E-state index contributed by atoms with van der Waals surface area (Å²) in [5.74, 6) is 0.230. The van der Waals surface area contributed by atoms with Gasteiger partial charge in [0.05, 0.1) is 0 Å². The van der Waals surface area contributed by atoms with Crippen LogP contribution in [0.2, 0.25) is 0 Å². The van der Waals surface area contributed by atoms with E-state index in [1.807, 2.05) is 26.0 Å². The molecule has 0 aliphatic rings. The average Bonchev–Trinajstić information content (AvgIpc) is 2.19. The standard InChI is InChI=1S/C9H11NO.C2H6/c1-8(11)4-5-9-3-2-6-10-7-9;1-2/h2-3,6-7H,4-5H2,1H3;1-2H3. The van der Waals surface area contributed by atoms with Gasteiger partial charge in [0.2, 0.25) is 0 Å². The Hall–Kier alpha value is -1.18. The summed E-state index contributed by atoms with van der Waals surface area (Å²) in [4.78, 5) is 14.5. The number of aryl methyl sites for hydroxylation is 1. The lowest BCUT2D eigenvalue weighted by atomic mass is 10.1. The zero-order chi connectivity index (χ0) is 10.1. The summed E-state index contributed by atoms with van der Waals surface area (Å²) in [5, 5.41) is 0. The molecule has 0 saturated carbocycles. The molecule has 1 heterocycles. The van der Waals surface area contributed by atoms with Gasteiger partial charge < -0.3 is 4.79 Å². The summed E-state index contributed by atoms with van der Waals surface area (Å²) in [6, 6.07) is 3.87. The van der Waals surface area contributed by atoms with Crippen molar-refractivity contribution in [2.75, 3.05) is 0 Å². The second-order valence-electron chi connectivity index (χ2n) is 2.56. The van der Waals surface area contributed by atoms with E-state index >= 15 is 0 Å². The molecule has 13 heavy (non-hydrogen) atoms. The zero-order valence-corrected chi connectivity index (χ0v) is 8.58. The molecular weight excluding hydrogens is 162 g/mol. The van der Waals surface area contributed by atoms with Crippen molar-refractivity contribution in [3.8, 4) is 0 Å². The predicted octanol–water partition coefficient (Wildman–Crippen LogP) is 2.63. The van der Waals surface area contributed by atoms with Crippen LogP contribution in [-0.2, 0) is 11.2 Å². The van der Waals surface area contributed by atoms with Crippen LogP contribution in [-0.4, -0.2) is 10.8 Å². The van der Waals surface area contributed by atoms with Crippen LogP contribution >= 0.6 is 0 Å². The molecule has 2 nitrogen and oxygen atoms in total. The quantitative estimate of drug-likeness (QED) is 0.714. The highest BCUT2D eigenvalue weighted by atomic mass is 16.1. The monoisotopic (exact) mass is 179 g/mol. The van der Waals surface area contributed by atoms with Gasteiger partial charge in [0.15, 0.2) is 0 Å². The Labute approximate surface area is 80.0 Å². The van der Waals surface area contributed by atoms with Gasteiger partial charge in [-0.2, -0.15) is 0 Å². The van der Waals surface area contributed by atoms with Gasteiger partial charge in [0.1, 0.15) is 5.78 Å². The number of aromatic nitrogens is 1. The summed E-state index contributed by atoms with van der Waals surface area (Å²) in [6.07, 6.45) is 4.95. The maximum Gasteiger partial charge on any atom is 0.130 e. The second kappa shape index (κ2) is 7.47. The Morgan fingerprint density at radius 2 is 2.15 bits per heavy atom. The summed E-state index contributed by atoms with van der Waals surface area (Å²) in [6.45, 7) is 5.61. The van der Waals surface area contributed by atoms with Crippen LogP contribution in [0, 0.1) is 0 Å². The predicted molar refractivity (Wildman–Crippen MR) is 54.6 cm³/mol. The largest absolute Gasteiger partial charge is 0.300 e. The summed E-state index contributed by atoms with van der Waals surface area (Å²) in [7, 11) is 0. The molecule has 0 bridgehead atoms. The van der Waals surface area contributed by atoms with Crippen molar-refractivity contribution in [3.05, 3.63) is 30.1 Å². The molecule has 2 heteroatoms. The highest BCUT2D eigenvalue weighted by Crippen LogP contribution is 1.99. The number of nitrogens with zero attached hydrogens (tertiary/aromatic N) is 1. The summed E-state index contributed by atoms with van der Waals surface area (Å²) < 4.78 is 0. The first kappa shape index (κ1) is 11.8. The topological polar surface area (TPSA) is 30.0 Å². The van der Waals surface area contributed by atoms with E-state index in [2.05, 4.69) is 4.98 Å². The number of ketones is 1. The third-order valence-corrected chi connectivity index (χ3v) is 1.49. The van der Waals surface area contributed by atoms with Crippen molar-refractivity contribution in [2.24, 2.45) is 0 Å². The van der Waals surface area contributed by atoms with Crippen LogP contribution in [0.1, 0.15) is 32.8 Å². The van der Waals surface area contributed by atoms with Crippen molar-refractivity contribution < 1.29 is 4.79 Å². The SMILES string of the molecule is CC.CC(=O)CCc1cccnc1. The van der Waals surface area contributed by atoms with E-state index in [1.165, 1.54) is 0 Å². The average molecular weight is 179 g/mol. The lowest BCUT2D eigenvalue weighted by Gasteiger charge is -1.95. The molecule has 0 unspecified atom stereocenters. The fraction of sp³-hybridized carbons (Fsp3) is 0.455. The zero-order valence-electron chi connectivity index (χ0n) is 8.58. The van der Waals surface area contributed by atoms with Crippen molar-refractivity contribution >= 4 is 5.78 Å². The number of rotatable bonds is 3. The lowest BCUT2D eigenvalue weighted by molar-refractivity contribution is -0.116. The molecule has 0 amide bonds. The molecule has 1 rings (SSSR count). The number of Topliss-reactive ketones (excluding diaryl/α,β-unsaturated/α-hetero) is 1. The summed E-state index contributed by atoms with van der Waals surface area (Å²) >= 11 is 0. The number of carbonyl (C=O) groups is 1. The first-order valence-corrected chi connectivity index (χ1v) is 4.67. The number of hydrogen-bond donors (Lipinski definition) is 0.